The summed E-state index contributed by atoms with van der Waals surface area (Å²) in [6.07, 6.45) is 1.84. The molecule has 0 saturated carbocycles. The van der Waals surface area contributed by atoms with E-state index in [9.17, 15) is 10.1 Å². The second kappa shape index (κ2) is 5.74. The summed E-state index contributed by atoms with van der Waals surface area (Å²) in [6, 6.07) is 4.11. The maximum atomic E-state index is 12.1. The van der Waals surface area contributed by atoms with Crippen molar-refractivity contribution in [3.8, 4) is 17.3 Å². The van der Waals surface area contributed by atoms with Crippen LogP contribution in [0.2, 0.25) is 0 Å². The van der Waals surface area contributed by atoms with Crippen molar-refractivity contribution in [3.63, 3.8) is 0 Å². The van der Waals surface area contributed by atoms with Crippen LogP contribution in [0.5, 0.6) is 0 Å². The van der Waals surface area contributed by atoms with E-state index in [0.29, 0.717) is 10.9 Å². The fraction of sp³-hybridized carbons (Fsp3) is 0.312. The number of nitrogens with zero attached hydrogens (tertiary/aromatic N) is 2. The van der Waals surface area contributed by atoms with Gasteiger partial charge in [0.1, 0.15) is 11.6 Å². The number of hydrogen-bond donors (Lipinski definition) is 1. The van der Waals surface area contributed by atoms with Gasteiger partial charge in [-0.05, 0) is 56.2 Å². The molecule has 0 aliphatic rings. The van der Waals surface area contributed by atoms with Crippen molar-refractivity contribution >= 4 is 11.8 Å². The average molecular weight is 299 g/mol. The highest BCUT2D eigenvalue weighted by atomic mass is 32.2. The van der Waals surface area contributed by atoms with E-state index in [4.69, 9.17) is 0 Å². The first-order valence-corrected chi connectivity index (χ1v) is 7.79. The zero-order valence-corrected chi connectivity index (χ0v) is 13.6. The van der Waals surface area contributed by atoms with Gasteiger partial charge in [0.15, 0.2) is 5.16 Å². The summed E-state index contributed by atoms with van der Waals surface area (Å²) >= 11 is 1.36. The lowest BCUT2D eigenvalue weighted by molar-refractivity contribution is 0.935. The third kappa shape index (κ3) is 2.59. The van der Waals surface area contributed by atoms with Crippen molar-refractivity contribution < 1.29 is 0 Å². The van der Waals surface area contributed by atoms with Crippen molar-refractivity contribution in [3.05, 3.63) is 44.2 Å². The van der Waals surface area contributed by atoms with Gasteiger partial charge in [-0.3, -0.25) is 4.79 Å². The van der Waals surface area contributed by atoms with Crippen molar-refractivity contribution in [2.24, 2.45) is 0 Å². The largest absolute Gasteiger partial charge is 0.300 e. The van der Waals surface area contributed by atoms with Crippen LogP contribution in [-0.4, -0.2) is 16.2 Å². The first-order valence-electron chi connectivity index (χ1n) is 6.56. The van der Waals surface area contributed by atoms with Crippen molar-refractivity contribution in [2.45, 2.75) is 32.9 Å². The predicted molar refractivity (Wildman–Crippen MR) is 85.7 cm³/mol. The first-order chi connectivity index (χ1) is 9.90. The molecule has 0 unspecified atom stereocenters. The molecule has 0 atom stereocenters. The number of benzene rings is 1. The number of H-pyrrole nitrogens is 1. The fourth-order valence-corrected chi connectivity index (χ4v) is 2.78. The van der Waals surface area contributed by atoms with Gasteiger partial charge in [-0.15, -0.1) is 0 Å². The molecule has 2 aromatic rings. The Hall–Kier alpha value is -2.06. The van der Waals surface area contributed by atoms with Crippen molar-refractivity contribution in [2.75, 3.05) is 6.26 Å². The Labute approximate surface area is 128 Å². The van der Waals surface area contributed by atoms with Gasteiger partial charge in [0.05, 0.1) is 5.69 Å². The number of rotatable bonds is 2. The predicted octanol–water partition coefficient (Wildman–Crippen LogP) is 3.26. The van der Waals surface area contributed by atoms with Crippen LogP contribution < -0.4 is 5.56 Å². The van der Waals surface area contributed by atoms with Crippen LogP contribution in [0, 0.1) is 39.0 Å². The third-order valence-corrected chi connectivity index (χ3v) is 4.39. The summed E-state index contributed by atoms with van der Waals surface area (Å²) in [6.45, 7) is 8.06. The zero-order valence-electron chi connectivity index (χ0n) is 12.8. The van der Waals surface area contributed by atoms with Gasteiger partial charge in [-0.2, -0.15) is 5.26 Å². The molecule has 21 heavy (non-hydrogen) atoms. The topological polar surface area (TPSA) is 69.5 Å². The molecule has 0 aliphatic carbocycles. The Morgan fingerprint density at radius 3 is 2.24 bits per heavy atom. The molecule has 0 fully saturated rings. The van der Waals surface area contributed by atoms with Crippen molar-refractivity contribution in [1.29, 1.82) is 5.26 Å². The van der Waals surface area contributed by atoms with E-state index in [1.54, 1.807) is 0 Å². The number of aromatic nitrogens is 2. The highest BCUT2D eigenvalue weighted by Gasteiger charge is 2.18. The fourth-order valence-electron chi connectivity index (χ4n) is 2.41. The van der Waals surface area contributed by atoms with Crippen LogP contribution in [0.3, 0.4) is 0 Å². The Morgan fingerprint density at radius 1 is 1.19 bits per heavy atom. The average Bonchev–Trinajstić information content (AvgIpc) is 2.45. The van der Waals surface area contributed by atoms with E-state index in [0.717, 1.165) is 27.8 Å². The maximum absolute atomic E-state index is 12.1. The second-order valence-electron chi connectivity index (χ2n) is 5.05. The van der Waals surface area contributed by atoms with Crippen LogP contribution >= 0.6 is 11.8 Å². The summed E-state index contributed by atoms with van der Waals surface area (Å²) in [7, 11) is 0. The summed E-state index contributed by atoms with van der Waals surface area (Å²) in [5.41, 5.74) is 5.43. The second-order valence-corrected chi connectivity index (χ2v) is 5.84. The number of thioether (sulfide) groups is 1. The van der Waals surface area contributed by atoms with Gasteiger partial charge >= 0.3 is 0 Å². The molecule has 1 N–H and O–H groups in total. The molecule has 0 saturated heterocycles. The minimum atomic E-state index is -0.384. The van der Waals surface area contributed by atoms with E-state index in [1.165, 1.54) is 11.8 Å². The number of aryl methyl sites for hydroxylation is 2. The standard InChI is InChI=1S/C16H17N3OS/c1-8-6-9(2)11(4)13(10(8)3)14-12(7-17)15(20)19-16(18-14)21-5/h6H,1-5H3,(H,18,19,20). The molecule has 0 radical (unpaired) electrons. The van der Waals surface area contributed by atoms with E-state index in [1.807, 2.05) is 40.0 Å². The Balaban J connectivity index is 2.95. The SMILES string of the molecule is CSc1nc(-c2c(C)c(C)cc(C)c2C)c(C#N)c(=O)[nH]1. The molecule has 5 heteroatoms. The van der Waals surface area contributed by atoms with Gasteiger partial charge < -0.3 is 4.98 Å². The Bertz CT molecular complexity index is 789. The minimum Gasteiger partial charge on any atom is -0.300 e. The van der Waals surface area contributed by atoms with Gasteiger partial charge in [-0.25, -0.2) is 4.98 Å². The molecule has 0 amide bonds. The van der Waals surface area contributed by atoms with Crippen LogP contribution in [0.1, 0.15) is 27.8 Å². The summed E-state index contributed by atoms with van der Waals surface area (Å²) in [4.78, 5) is 19.2. The molecular formula is C16H17N3OS. The summed E-state index contributed by atoms with van der Waals surface area (Å²) in [5, 5.41) is 9.85. The molecule has 0 bridgehead atoms. The molecule has 1 heterocycles. The molecule has 1 aromatic carbocycles. The van der Waals surface area contributed by atoms with Gasteiger partial charge in [-0.1, -0.05) is 17.8 Å². The molecule has 2 rings (SSSR count). The minimum absolute atomic E-state index is 0.0731. The van der Waals surface area contributed by atoms with Crippen LogP contribution in [0.15, 0.2) is 16.0 Å². The number of aromatic amines is 1. The Kier molecular flexibility index (Phi) is 4.19. The number of nitriles is 1. The molecule has 0 aliphatic heterocycles. The van der Waals surface area contributed by atoms with E-state index < -0.39 is 0 Å². The highest BCUT2D eigenvalue weighted by Crippen LogP contribution is 2.31. The molecule has 1 aromatic heterocycles. The van der Waals surface area contributed by atoms with Crippen LogP contribution in [0.25, 0.3) is 11.3 Å². The monoisotopic (exact) mass is 299 g/mol. The maximum Gasteiger partial charge on any atom is 0.270 e. The van der Waals surface area contributed by atoms with E-state index >= 15 is 0 Å². The normalized spacial score (nSPS) is 10.5. The van der Waals surface area contributed by atoms with E-state index in [2.05, 4.69) is 16.0 Å². The highest BCUT2D eigenvalue weighted by molar-refractivity contribution is 7.98. The molecular weight excluding hydrogens is 282 g/mol. The lowest BCUT2D eigenvalue weighted by atomic mass is 9.91. The van der Waals surface area contributed by atoms with E-state index in [-0.39, 0.29) is 11.1 Å². The molecule has 108 valence electrons. The van der Waals surface area contributed by atoms with Gasteiger partial charge in [0.25, 0.3) is 5.56 Å². The van der Waals surface area contributed by atoms with Crippen LogP contribution in [-0.2, 0) is 0 Å². The Morgan fingerprint density at radius 2 is 1.76 bits per heavy atom. The van der Waals surface area contributed by atoms with Gasteiger partial charge in [0, 0.05) is 5.56 Å². The molecule has 0 spiro atoms. The lowest BCUT2D eigenvalue weighted by Gasteiger charge is -2.16. The summed E-state index contributed by atoms with van der Waals surface area (Å²) < 4.78 is 0. The van der Waals surface area contributed by atoms with Crippen LogP contribution in [0.4, 0.5) is 0 Å². The quantitative estimate of drug-likeness (QED) is 0.682. The number of hydrogen-bond acceptors (Lipinski definition) is 4. The zero-order chi connectivity index (χ0) is 15.7. The van der Waals surface area contributed by atoms with Crippen molar-refractivity contribution in [1.82, 2.24) is 9.97 Å². The molecule has 4 nitrogen and oxygen atoms in total. The third-order valence-electron chi connectivity index (χ3n) is 3.81. The van der Waals surface area contributed by atoms with Gasteiger partial charge in [0.2, 0.25) is 0 Å². The lowest BCUT2D eigenvalue weighted by Crippen LogP contribution is -2.15. The summed E-state index contributed by atoms with van der Waals surface area (Å²) in [5.74, 6) is 0. The smallest absolute Gasteiger partial charge is 0.270 e. The first kappa shape index (κ1) is 15.3. The number of nitrogens with one attached hydrogen (secondary N) is 1.